The third-order valence-electron chi connectivity index (χ3n) is 8.66. The van der Waals surface area contributed by atoms with E-state index >= 15 is 0 Å². The van der Waals surface area contributed by atoms with Crippen molar-refractivity contribution < 1.29 is 0 Å². The molecule has 0 saturated carbocycles. The molecule has 0 bridgehead atoms. The van der Waals surface area contributed by atoms with E-state index in [1.54, 1.807) is 0 Å². The summed E-state index contributed by atoms with van der Waals surface area (Å²) < 4.78 is 0. The Bertz CT molecular complexity index is 2560. The molecule has 0 aliphatic carbocycles. The van der Waals surface area contributed by atoms with Gasteiger partial charge in [0.1, 0.15) is 0 Å². The summed E-state index contributed by atoms with van der Waals surface area (Å²) in [6.45, 7) is 0. The Morgan fingerprint density at radius 2 is 0.977 bits per heavy atom. The third-order valence-corrected chi connectivity index (χ3v) is 8.66. The van der Waals surface area contributed by atoms with Gasteiger partial charge in [-0.2, -0.15) is 0 Å². The molecule has 0 atom stereocenters. The number of rotatable bonds is 3. The standard InChI is InChI=1S/C41H25N3/c1-2-10-32-26(7-1)8-5-13-34(32)39-20-16-29-23-27(14-18-37(29)43-39)28-15-19-38-30(24-28)17-21-40(44-38)36-25-31-9-6-22-42-41(31)35-12-4-3-11-33(35)36/h1-25H. The summed E-state index contributed by atoms with van der Waals surface area (Å²) in [4.78, 5) is 14.8. The molecule has 0 fully saturated rings. The van der Waals surface area contributed by atoms with Crippen LogP contribution in [0.4, 0.5) is 0 Å². The number of aromatic nitrogens is 3. The zero-order valence-electron chi connectivity index (χ0n) is 23.8. The van der Waals surface area contributed by atoms with Crippen LogP contribution >= 0.6 is 0 Å². The summed E-state index contributed by atoms with van der Waals surface area (Å²) >= 11 is 0. The summed E-state index contributed by atoms with van der Waals surface area (Å²) in [5, 5.41) is 8.11. The quantitative estimate of drug-likeness (QED) is 0.202. The molecule has 6 aromatic carbocycles. The average Bonchev–Trinajstić information content (AvgIpc) is 3.10. The first-order chi connectivity index (χ1) is 21.8. The number of benzene rings is 6. The van der Waals surface area contributed by atoms with Crippen LogP contribution in [0.15, 0.2) is 152 Å². The minimum absolute atomic E-state index is 0.964. The molecule has 0 saturated heterocycles. The van der Waals surface area contributed by atoms with Crippen LogP contribution in [0.25, 0.3) is 87.9 Å². The van der Waals surface area contributed by atoms with E-state index in [0.29, 0.717) is 0 Å². The fourth-order valence-corrected chi connectivity index (χ4v) is 6.49. The molecule has 9 aromatic rings. The fraction of sp³-hybridized carbons (Fsp3) is 0. The molecular formula is C41H25N3. The maximum absolute atomic E-state index is 5.12. The molecule has 9 rings (SSSR count). The summed E-state index contributed by atoms with van der Waals surface area (Å²) in [5.74, 6) is 0. The van der Waals surface area contributed by atoms with Gasteiger partial charge in [-0.05, 0) is 75.8 Å². The van der Waals surface area contributed by atoms with E-state index in [4.69, 9.17) is 9.97 Å². The van der Waals surface area contributed by atoms with Crippen molar-refractivity contribution in [3.63, 3.8) is 0 Å². The summed E-state index contributed by atoms with van der Waals surface area (Å²) in [7, 11) is 0. The molecule has 0 unspecified atom stereocenters. The van der Waals surface area contributed by atoms with E-state index in [9.17, 15) is 0 Å². The van der Waals surface area contributed by atoms with Gasteiger partial charge in [-0.1, -0.05) is 97.1 Å². The van der Waals surface area contributed by atoms with Gasteiger partial charge in [-0.15, -0.1) is 0 Å². The van der Waals surface area contributed by atoms with Gasteiger partial charge in [0, 0.05) is 38.9 Å². The van der Waals surface area contributed by atoms with Gasteiger partial charge in [0.25, 0.3) is 0 Å². The molecule has 0 amide bonds. The fourth-order valence-electron chi connectivity index (χ4n) is 6.49. The highest BCUT2D eigenvalue weighted by Crippen LogP contribution is 2.35. The summed E-state index contributed by atoms with van der Waals surface area (Å²) in [5.41, 5.74) is 9.54. The second-order valence-corrected chi connectivity index (χ2v) is 11.3. The number of nitrogens with zero attached hydrogens (tertiary/aromatic N) is 3. The maximum Gasteiger partial charge on any atom is 0.0780 e. The number of hydrogen-bond acceptors (Lipinski definition) is 3. The summed E-state index contributed by atoms with van der Waals surface area (Å²) in [6, 6.07) is 51.3. The van der Waals surface area contributed by atoms with E-state index in [1.165, 1.54) is 10.8 Å². The average molecular weight is 560 g/mol. The minimum Gasteiger partial charge on any atom is -0.256 e. The third kappa shape index (κ3) is 4.02. The predicted molar refractivity (Wildman–Crippen MR) is 184 cm³/mol. The topological polar surface area (TPSA) is 38.7 Å². The molecule has 3 heterocycles. The molecule has 204 valence electrons. The number of hydrogen-bond donors (Lipinski definition) is 0. The van der Waals surface area contributed by atoms with Crippen molar-refractivity contribution in [2.75, 3.05) is 0 Å². The van der Waals surface area contributed by atoms with E-state index < -0.39 is 0 Å². The van der Waals surface area contributed by atoms with Gasteiger partial charge in [0.15, 0.2) is 0 Å². The molecule has 3 nitrogen and oxygen atoms in total. The van der Waals surface area contributed by atoms with E-state index in [1.807, 2.05) is 12.3 Å². The Kier molecular flexibility index (Phi) is 5.50. The van der Waals surface area contributed by atoms with Crippen molar-refractivity contribution in [1.82, 2.24) is 15.0 Å². The second kappa shape index (κ2) is 9.82. The van der Waals surface area contributed by atoms with Crippen molar-refractivity contribution in [2.45, 2.75) is 0 Å². The zero-order valence-corrected chi connectivity index (χ0v) is 23.8. The zero-order chi connectivity index (χ0) is 29.0. The smallest absolute Gasteiger partial charge is 0.0780 e. The Labute approximate surface area is 254 Å². The Balaban J connectivity index is 1.09. The van der Waals surface area contributed by atoms with Gasteiger partial charge in [0.05, 0.1) is 27.9 Å². The van der Waals surface area contributed by atoms with Gasteiger partial charge >= 0.3 is 0 Å². The maximum atomic E-state index is 5.12. The Morgan fingerprint density at radius 3 is 1.73 bits per heavy atom. The van der Waals surface area contributed by atoms with E-state index in [-0.39, 0.29) is 0 Å². The molecule has 0 aliphatic rings. The van der Waals surface area contributed by atoms with Gasteiger partial charge in [0.2, 0.25) is 0 Å². The lowest BCUT2D eigenvalue weighted by atomic mass is 9.97. The van der Waals surface area contributed by atoms with Crippen LogP contribution < -0.4 is 0 Å². The Hall–Kier alpha value is -5.93. The van der Waals surface area contributed by atoms with Gasteiger partial charge < -0.3 is 0 Å². The van der Waals surface area contributed by atoms with Crippen LogP contribution in [-0.4, -0.2) is 15.0 Å². The Morgan fingerprint density at radius 1 is 0.364 bits per heavy atom. The molecule has 0 radical (unpaired) electrons. The van der Waals surface area contributed by atoms with Crippen LogP contribution in [0, 0.1) is 0 Å². The lowest BCUT2D eigenvalue weighted by molar-refractivity contribution is 1.40. The highest BCUT2D eigenvalue weighted by atomic mass is 14.7. The molecule has 44 heavy (non-hydrogen) atoms. The van der Waals surface area contributed by atoms with Gasteiger partial charge in [-0.25, -0.2) is 9.97 Å². The molecule has 0 spiro atoms. The van der Waals surface area contributed by atoms with Crippen molar-refractivity contribution in [3.05, 3.63) is 152 Å². The summed E-state index contributed by atoms with van der Waals surface area (Å²) in [6.07, 6.45) is 1.86. The van der Waals surface area contributed by atoms with Crippen molar-refractivity contribution in [1.29, 1.82) is 0 Å². The highest BCUT2D eigenvalue weighted by Gasteiger charge is 2.12. The lowest BCUT2D eigenvalue weighted by Gasteiger charge is -2.11. The van der Waals surface area contributed by atoms with E-state index in [0.717, 1.165) is 77.1 Å². The minimum atomic E-state index is 0.964. The number of fused-ring (bicyclic) bond motifs is 6. The van der Waals surface area contributed by atoms with Crippen LogP contribution in [-0.2, 0) is 0 Å². The van der Waals surface area contributed by atoms with Crippen molar-refractivity contribution >= 4 is 54.3 Å². The number of pyridine rings is 3. The van der Waals surface area contributed by atoms with Crippen LogP contribution in [0.2, 0.25) is 0 Å². The first kappa shape index (κ1) is 24.6. The van der Waals surface area contributed by atoms with Gasteiger partial charge in [-0.3, -0.25) is 4.98 Å². The predicted octanol–water partition coefficient (Wildman–Crippen LogP) is 10.6. The van der Waals surface area contributed by atoms with Crippen LogP contribution in [0.3, 0.4) is 0 Å². The molecule has 0 N–H and O–H groups in total. The second-order valence-electron chi connectivity index (χ2n) is 11.3. The highest BCUT2D eigenvalue weighted by molar-refractivity contribution is 6.12. The molecule has 0 aliphatic heterocycles. The first-order valence-corrected chi connectivity index (χ1v) is 14.9. The first-order valence-electron chi connectivity index (χ1n) is 14.9. The monoisotopic (exact) mass is 559 g/mol. The molecule has 3 aromatic heterocycles. The molecular weight excluding hydrogens is 534 g/mol. The molecule has 3 heteroatoms. The van der Waals surface area contributed by atoms with E-state index in [2.05, 4.69) is 145 Å². The largest absolute Gasteiger partial charge is 0.256 e. The van der Waals surface area contributed by atoms with Crippen LogP contribution in [0.1, 0.15) is 0 Å². The SMILES string of the molecule is c1ccc2c(-c3ccc4cc(-c5ccc6nc(-c7cc8cccnc8c8ccccc78)ccc6c5)ccc4n3)cccc2c1. The normalized spacial score (nSPS) is 11.6. The van der Waals surface area contributed by atoms with Crippen molar-refractivity contribution in [3.8, 4) is 33.6 Å². The van der Waals surface area contributed by atoms with Crippen molar-refractivity contribution in [2.24, 2.45) is 0 Å². The lowest BCUT2D eigenvalue weighted by Crippen LogP contribution is -1.90. The van der Waals surface area contributed by atoms with Crippen LogP contribution in [0.5, 0.6) is 0 Å².